The highest BCUT2D eigenvalue weighted by Gasteiger charge is 2.33. The molecule has 136 valence electrons. The number of rotatable bonds is 6. The first-order valence-electron chi connectivity index (χ1n) is 9.07. The van der Waals surface area contributed by atoms with Gasteiger partial charge in [-0.05, 0) is 54.2 Å². The van der Waals surface area contributed by atoms with Gasteiger partial charge in [-0.1, -0.05) is 38.1 Å². The van der Waals surface area contributed by atoms with Crippen LogP contribution in [0.4, 0.5) is 0 Å². The quantitative estimate of drug-likeness (QED) is 0.725. The highest BCUT2D eigenvalue weighted by atomic mass is 16.5. The molecule has 1 aliphatic carbocycles. The molecule has 0 aliphatic heterocycles. The van der Waals surface area contributed by atoms with E-state index in [-0.39, 0.29) is 5.91 Å². The number of esters is 1. The number of amides is 1. The number of hydrogen-bond acceptors (Lipinski definition) is 3. The lowest BCUT2D eigenvalue weighted by molar-refractivity contribution is 0.0599. The second-order valence-corrected chi connectivity index (χ2v) is 7.13. The molecule has 0 unspecified atom stereocenters. The molecule has 1 saturated carbocycles. The molecule has 0 radical (unpaired) electrons. The summed E-state index contributed by atoms with van der Waals surface area (Å²) in [5.74, 6) is 0.115. The predicted octanol–water partition coefficient (Wildman–Crippen LogP) is 4.40. The van der Waals surface area contributed by atoms with Crippen molar-refractivity contribution in [3.63, 3.8) is 0 Å². The number of nitrogens with zero attached hydrogens (tertiary/aromatic N) is 1. The van der Waals surface area contributed by atoms with Crippen LogP contribution in [0.15, 0.2) is 48.5 Å². The van der Waals surface area contributed by atoms with Gasteiger partial charge in [-0.15, -0.1) is 0 Å². The van der Waals surface area contributed by atoms with Gasteiger partial charge in [0.15, 0.2) is 0 Å². The molecule has 1 aliphatic rings. The standard InChI is InChI=1S/C22H25NO3/c1-15(2)17-6-4-16(5-7-17)14-23(20-12-13-20)21(24)18-8-10-19(11-9-18)22(25)26-3/h4-11,15,20H,12-14H2,1-3H3. The van der Waals surface area contributed by atoms with Crippen molar-refractivity contribution in [3.8, 4) is 0 Å². The molecular formula is C22H25NO3. The molecule has 0 aromatic heterocycles. The minimum absolute atomic E-state index is 0.0110. The average molecular weight is 351 g/mol. The molecule has 0 bridgehead atoms. The van der Waals surface area contributed by atoms with Gasteiger partial charge in [0.2, 0.25) is 0 Å². The van der Waals surface area contributed by atoms with E-state index < -0.39 is 5.97 Å². The lowest BCUT2D eigenvalue weighted by Crippen LogP contribution is -2.32. The smallest absolute Gasteiger partial charge is 0.337 e. The number of carbonyl (C=O) groups excluding carboxylic acids is 2. The van der Waals surface area contributed by atoms with Gasteiger partial charge in [-0.2, -0.15) is 0 Å². The summed E-state index contributed by atoms with van der Waals surface area (Å²) < 4.78 is 4.70. The average Bonchev–Trinajstić information content (AvgIpc) is 3.50. The van der Waals surface area contributed by atoms with Crippen LogP contribution in [0.2, 0.25) is 0 Å². The Morgan fingerprint density at radius 1 is 1.00 bits per heavy atom. The Morgan fingerprint density at radius 3 is 2.08 bits per heavy atom. The van der Waals surface area contributed by atoms with Crippen LogP contribution in [0.3, 0.4) is 0 Å². The summed E-state index contributed by atoms with van der Waals surface area (Å²) in [7, 11) is 1.35. The van der Waals surface area contributed by atoms with Crippen LogP contribution in [0, 0.1) is 0 Å². The van der Waals surface area contributed by atoms with E-state index in [1.807, 2.05) is 4.90 Å². The maximum Gasteiger partial charge on any atom is 0.337 e. The normalized spacial score (nSPS) is 13.5. The van der Waals surface area contributed by atoms with Gasteiger partial charge in [-0.3, -0.25) is 4.79 Å². The van der Waals surface area contributed by atoms with E-state index in [1.54, 1.807) is 24.3 Å². The molecule has 3 rings (SSSR count). The molecule has 0 spiro atoms. The highest BCUT2D eigenvalue weighted by Crippen LogP contribution is 2.30. The van der Waals surface area contributed by atoms with Crippen LogP contribution < -0.4 is 0 Å². The molecule has 0 atom stereocenters. The zero-order valence-corrected chi connectivity index (χ0v) is 15.6. The van der Waals surface area contributed by atoms with E-state index in [2.05, 4.69) is 38.1 Å². The maximum absolute atomic E-state index is 13.0. The fourth-order valence-electron chi connectivity index (χ4n) is 2.99. The van der Waals surface area contributed by atoms with E-state index in [1.165, 1.54) is 12.7 Å². The van der Waals surface area contributed by atoms with Gasteiger partial charge in [0.25, 0.3) is 5.91 Å². The van der Waals surface area contributed by atoms with Crippen LogP contribution in [-0.2, 0) is 11.3 Å². The summed E-state index contributed by atoms with van der Waals surface area (Å²) in [4.78, 5) is 26.5. The fraction of sp³-hybridized carbons (Fsp3) is 0.364. The number of benzene rings is 2. The molecule has 1 fully saturated rings. The first-order chi connectivity index (χ1) is 12.5. The van der Waals surface area contributed by atoms with E-state index in [4.69, 9.17) is 4.74 Å². The Bertz CT molecular complexity index is 774. The zero-order chi connectivity index (χ0) is 18.7. The highest BCUT2D eigenvalue weighted by molar-refractivity contribution is 5.96. The summed E-state index contributed by atoms with van der Waals surface area (Å²) in [5.41, 5.74) is 3.49. The summed E-state index contributed by atoms with van der Waals surface area (Å²) in [6, 6.07) is 15.5. The van der Waals surface area contributed by atoms with Crippen molar-refractivity contribution < 1.29 is 14.3 Å². The SMILES string of the molecule is COC(=O)c1ccc(C(=O)N(Cc2ccc(C(C)C)cc2)C2CC2)cc1. The molecule has 4 heteroatoms. The minimum atomic E-state index is -0.395. The van der Waals surface area contributed by atoms with Crippen molar-refractivity contribution >= 4 is 11.9 Å². The molecule has 0 heterocycles. The Balaban J connectivity index is 1.75. The van der Waals surface area contributed by atoms with Crippen molar-refractivity contribution in [3.05, 3.63) is 70.8 Å². The van der Waals surface area contributed by atoms with Crippen LogP contribution in [-0.4, -0.2) is 29.9 Å². The fourth-order valence-corrected chi connectivity index (χ4v) is 2.99. The third kappa shape index (κ3) is 4.13. The van der Waals surface area contributed by atoms with E-state index >= 15 is 0 Å². The molecule has 0 saturated heterocycles. The topological polar surface area (TPSA) is 46.6 Å². The van der Waals surface area contributed by atoms with Crippen LogP contribution in [0.1, 0.15) is 64.4 Å². The summed E-state index contributed by atoms with van der Waals surface area (Å²) in [6.07, 6.45) is 2.10. The Morgan fingerprint density at radius 2 is 1.58 bits per heavy atom. The zero-order valence-electron chi connectivity index (χ0n) is 15.6. The lowest BCUT2D eigenvalue weighted by Gasteiger charge is -2.23. The van der Waals surface area contributed by atoms with Gasteiger partial charge >= 0.3 is 5.97 Å². The molecule has 26 heavy (non-hydrogen) atoms. The predicted molar refractivity (Wildman–Crippen MR) is 101 cm³/mol. The Kier molecular flexibility index (Phi) is 5.40. The second-order valence-electron chi connectivity index (χ2n) is 7.13. The number of methoxy groups -OCH3 is 1. The minimum Gasteiger partial charge on any atom is -0.465 e. The van der Waals surface area contributed by atoms with Crippen molar-refractivity contribution in [1.29, 1.82) is 0 Å². The molecule has 0 N–H and O–H groups in total. The van der Waals surface area contributed by atoms with E-state index in [0.29, 0.717) is 29.6 Å². The number of carbonyl (C=O) groups is 2. The van der Waals surface area contributed by atoms with Crippen LogP contribution >= 0.6 is 0 Å². The molecule has 1 amide bonds. The van der Waals surface area contributed by atoms with Crippen LogP contribution in [0.25, 0.3) is 0 Å². The third-order valence-corrected chi connectivity index (χ3v) is 4.80. The van der Waals surface area contributed by atoms with E-state index in [0.717, 1.165) is 18.4 Å². The van der Waals surface area contributed by atoms with Gasteiger partial charge < -0.3 is 9.64 Å². The number of ether oxygens (including phenoxy) is 1. The number of hydrogen-bond donors (Lipinski definition) is 0. The summed E-state index contributed by atoms with van der Waals surface area (Å²) in [6.45, 7) is 4.96. The first kappa shape index (κ1) is 18.2. The Labute approximate surface area is 154 Å². The Hall–Kier alpha value is -2.62. The van der Waals surface area contributed by atoms with Crippen molar-refractivity contribution in [1.82, 2.24) is 4.90 Å². The first-order valence-corrected chi connectivity index (χ1v) is 9.07. The molecule has 2 aromatic rings. The second kappa shape index (κ2) is 7.73. The van der Waals surface area contributed by atoms with Gasteiger partial charge in [-0.25, -0.2) is 4.79 Å². The van der Waals surface area contributed by atoms with Crippen LogP contribution in [0.5, 0.6) is 0 Å². The van der Waals surface area contributed by atoms with Gasteiger partial charge in [0.1, 0.15) is 0 Å². The largest absolute Gasteiger partial charge is 0.465 e. The monoisotopic (exact) mass is 351 g/mol. The summed E-state index contributed by atoms with van der Waals surface area (Å²) >= 11 is 0. The van der Waals surface area contributed by atoms with E-state index in [9.17, 15) is 9.59 Å². The maximum atomic E-state index is 13.0. The van der Waals surface area contributed by atoms with Crippen molar-refractivity contribution in [2.45, 2.75) is 45.2 Å². The lowest BCUT2D eigenvalue weighted by atomic mass is 10.0. The van der Waals surface area contributed by atoms with Gasteiger partial charge in [0, 0.05) is 18.2 Å². The van der Waals surface area contributed by atoms with Crippen molar-refractivity contribution in [2.75, 3.05) is 7.11 Å². The van der Waals surface area contributed by atoms with Crippen molar-refractivity contribution in [2.24, 2.45) is 0 Å². The van der Waals surface area contributed by atoms with Gasteiger partial charge in [0.05, 0.1) is 12.7 Å². The summed E-state index contributed by atoms with van der Waals surface area (Å²) in [5, 5.41) is 0. The third-order valence-electron chi connectivity index (χ3n) is 4.80. The molecule has 4 nitrogen and oxygen atoms in total. The molecule has 2 aromatic carbocycles. The molecular weight excluding hydrogens is 326 g/mol.